The second-order valence-electron chi connectivity index (χ2n) is 5.15. The third kappa shape index (κ3) is 5.10. The second-order valence-corrected chi connectivity index (χ2v) is 5.15. The monoisotopic (exact) mass is 292 g/mol. The Bertz CT molecular complexity index is 488. The summed E-state index contributed by atoms with van der Waals surface area (Å²) >= 11 is 0. The van der Waals surface area contributed by atoms with Crippen molar-refractivity contribution in [2.75, 3.05) is 0 Å². The fourth-order valence-corrected chi connectivity index (χ4v) is 2.13. The van der Waals surface area contributed by atoms with Gasteiger partial charge in [-0.05, 0) is 23.5 Å². The lowest BCUT2D eigenvalue weighted by Crippen LogP contribution is -2.48. The van der Waals surface area contributed by atoms with E-state index in [2.05, 4.69) is 17.6 Å². The molecule has 0 aliphatic heterocycles. The molecular formula is C16H24N2O3. The van der Waals surface area contributed by atoms with Crippen LogP contribution in [-0.4, -0.2) is 23.1 Å². The van der Waals surface area contributed by atoms with E-state index in [9.17, 15) is 9.59 Å². The van der Waals surface area contributed by atoms with E-state index in [-0.39, 0.29) is 5.92 Å². The predicted octanol–water partition coefficient (Wildman–Crippen LogP) is 2.55. The van der Waals surface area contributed by atoms with Crippen molar-refractivity contribution in [2.45, 2.75) is 46.2 Å². The van der Waals surface area contributed by atoms with Gasteiger partial charge in [-0.25, -0.2) is 9.59 Å². The Hall–Kier alpha value is -2.04. The normalized spacial score (nSPS) is 13.3. The standard InChI is InChI=1S/C16H24N2O3/c1-4-11(3)14(15(19)20)18-16(21)17-10-13-9-7-6-8-12(13)5-2/h6-9,11,14H,4-5,10H2,1-3H3,(H,19,20)(H2,17,18,21). The van der Waals surface area contributed by atoms with E-state index in [1.54, 1.807) is 0 Å². The SMILES string of the molecule is CCc1ccccc1CNC(=O)NC(C(=O)O)C(C)CC. The number of carbonyl (C=O) groups excluding carboxylic acids is 1. The summed E-state index contributed by atoms with van der Waals surface area (Å²) in [5.74, 6) is -1.12. The molecule has 0 heterocycles. The van der Waals surface area contributed by atoms with E-state index in [0.717, 1.165) is 12.0 Å². The zero-order valence-corrected chi connectivity index (χ0v) is 12.8. The van der Waals surface area contributed by atoms with Gasteiger partial charge in [0.1, 0.15) is 6.04 Å². The molecule has 1 aromatic rings. The first kappa shape index (κ1) is 17.0. The molecule has 2 unspecified atom stereocenters. The van der Waals surface area contributed by atoms with Gasteiger partial charge in [0, 0.05) is 6.54 Å². The minimum absolute atomic E-state index is 0.115. The summed E-state index contributed by atoms with van der Waals surface area (Å²) in [6.45, 7) is 6.16. The van der Waals surface area contributed by atoms with E-state index in [4.69, 9.17) is 5.11 Å². The first-order chi connectivity index (χ1) is 9.99. The molecule has 5 heteroatoms. The number of urea groups is 1. The summed E-state index contributed by atoms with van der Waals surface area (Å²) in [6, 6.07) is 6.56. The number of carboxylic acid groups (broad SMARTS) is 1. The topological polar surface area (TPSA) is 78.4 Å². The van der Waals surface area contributed by atoms with Crippen molar-refractivity contribution < 1.29 is 14.7 Å². The molecule has 2 atom stereocenters. The minimum Gasteiger partial charge on any atom is -0.480 e. The van der Waals surface area contributed by atoms with Gasteiger partial charge in [0.15, 0.2) is 0 Å². The van der Waals surface area contributed by atoms with Crippen LogP contribution in [0.15, 0.2) is 24.3 Å². The lowest BCUT2D eigenvalue weighted by atomic mass is 9.99. The van der Waals surface area contributed by atoms with E-state index >= 15 is 0 Å². The lowest BCUT2D eigenvalue weighted by Gasteiger charge is -2.20. The average molecular weight is 292 g/mol. The molecule has 3 N–H and O–H groups in total. The summed E-state index contributed by atoms with van der Waals surface area (Å²) in [5.41, 5.74) is 2.22. The molecule has 1 rings (SSSR count). The van der Waals surface area contributed by atoms with Crippen LogP contribution in [0.2, 0.25) is 0 Å². The van der Waals surface area contributed by atoms with Crippen molar-refractivity contribution in [3.8, 4) is 0 Å². The van der Waals surface area contributed by atoms with Crippen molar-refractivity contribution >= 4 is 12.0 Å². The van der Waals surface area contributed by atoms with Gasteiger partial charge >= 0.3 is 12.0 Å². The van der Waals surface area contributed by atoms with E-state index < -0.39 is 18.0 Å². The number of amides is 2. The Labute approximate surface area is 125 Å². The van der Waals surface area contributed by atoms with Gasteiger partial charge < -0.3 is 15.7 Å². The summed E-state index contributed by atoms with van der Waals surface area (Å²) in [5, 5.41) is 14.4. The van der Waals surface area contributed by atoms with Gasteiger partial charge in [0.2, 0.25) is 0 Å². The number of aryl methyl sites for hydroxylation is 1. The molecule has 116 valence electrons. The molecule has 0 aromatic heterocycles. The van der Waals surface area contributed by atoms with Gasteiger partial charge in [-0.15, -0.1) is 0 Å². The smallest absolute Gasteiger partial charge is 0.326 e. The van der Waals surface area contributed by atoms with Crippen LogP contribution < -0.4 is 10.6 Å². The average Bonchev–Trinajstić information content (AvgIpc) is 2.49. The second kappa shape index (κ2) is 8.29. The third-order valence-electron chi connectivity index (χ3n) is 3.70. The molecule has 0 saturated carbocycles. The molecule has 0 radical (unpaired) electrons. The number of nitrogens with one attached hydrogen (secondary N) is 2. The first-order valence-corrected chi connectivity index (χ1v) is 7.33. The highest BCUT2D eigenvalue weighted by atomic mass is 16.4. The van der Waals surface area contributed by atoms with Crippen molar-refractivity contribution in [1.29, 1.82) is 0 Å². The fraction of sp³-hybridized carbons (Fsp3) is 0.500. The van der Waals surface area contributed by atoms with Gasteiger partial charge in [0.05, 0.1) is 0 Å². The molecule has 0 spiro atoms. The van der Waals surface area contributed by atoms with Crippen LogP contribution in [-0.2, 0) is 17.8 Å². The number of aliphatic carboxylic acids is 1. The van der Waals surface area contributed by atoms with E-state index in [0.29, 0.717) is 13.0 Å². The highest BCUT2D eigenvalue weighted by Crippen LogP contribution is 2.10. The Morgan fingerprint density at radius 1 is 1.19 bits per heavy atom. The van der Waals surface area contributed by atoms with Gasteiger partial charge in [-0.3, -0.25) is 0 Å². The highest BCUT2D eigenvalue weighted by molar-refractivity contribution is 5.82. The molecule has 0 saturated heterocycles. The quantitative estimate of drug-likeness (QED) is 0.722. The van der Waals surface area contributed by atoms with Crippen LogP contribution in [0.1, 0.15) is 38.3 Å². The van der Waals surface area contributed by atoms with Crippen LogP contribution in [0, 0.1) is 5.92 Å². The summed E-state index contributed by atoms with van der Waals surface area (Å²) in [7, 11) is 0. The van der Waals surface area contributed by atoms with E-state index in [1.807, 2.05) is 38.1 Å². The molecular weight excluding hydrogens is 268 g/mol. The predicted molar refractivity (Wildman–Crippen MR) is 82.1 cm³/mol. The molecule has 0 aliphatic carbocycles. The number of rotatable bonds is 7. The van der Waals surface area contributed by atoms with Crippen molar-refractivity contribution in [3.63, 3.8) is 0 Å². The maximum atomic E-state index is 11.9. The third-order valence-corrected chi connectivity index (χ3v) is 3.70. The van der Waals surface area contributed by atoms with E-state index in [1.165, 1.54) is 5.56 Å². The van der Waals surface area contributed by atoms with Crippen molar-refractivity contribution in [1.82, 2.24) is 10.6 Å². The zero-order valence-electron chi connectivity index (χ0n) is 12.8. The summed E-state index contributed by atoms with van der Waals surface area (Å²) < 4.78 is 0. The molecule has 0 aliphatic rings. The molecule has 1 aromatic carbocycles. The molecule has 5 nitrogen and oxygen atoms in total. The van der Waals surface area contributed by atoms with Crippen LogP contribution in [0.4, 0.5) is 4.79 Å². The Balaban J connectivity index is 2.59. The van der Waals surface area contributed by atoms with Crippen molar-refractivity contribution in [3.05, 3.63) is 35.4 Å². The molecule has 21 heavy (non-hydrogen) atoms. The van der Waals surface area contributed by atoms with Gasteiger partial charge in [-0.1, -0.05) is 51.5 Å². The Morgan fingerprint density at radius 3 is 2.33 bits per heavy atom. The maximum absolute atomic E-state index is 11.9. The number of benzene rings is 1. The van der Waals surface area contributed by atoms with Crippen LogP contribution >= 0.6 is 0 Å². The Kier molecular flexibility index (Phi) is 6.72. The minimum atomic E-state index is -1.01. The van der Waals surface area contributed by atoms with Crippen LogP contribution in [0.25, 0.3) is 0 Å². The number of carbonyl (C=O) groups is 2. The number of carboxylic acids is 1. The molecule has 2 amide bonds. The zero-order chi connectivity index (χ0) is 15.8. The Morgan fingerprint density at radius 2 is 1.81 bits per heavy atom. The molecule has 0 bridgehead atoms. The van der Waals surface area contributed by atoms with Crippen LogP contribution in [0.3, 0.4) is 0 Å². The largest absolute Gasteiger partial charge is 0.480 e. The number of hydrogen-bond acceptors (Lipinski definition) is 2. The fourth-order valence-electron chi connectivity index (χ4n) is 2.13. The van der Waals surface area contributed by atoms with Gasteiger partial charge in [0.25, 0.3) is 0 Å². The molecule has 0 fully saturated rings. The lowest BCUT2D eigenvalue weighted by molar-refractivity contribution is -0.140. The first-order valence-electron chi connectivity index (χ1n) is 7.33. The van der Waals surface area contributed by atoms with Crippen LogP contribution in [0.5, 0.6) is 0 Å². The summed E-state index contributed by atoms with van der Waals surface area (Å²) in [4.78, 5) is 23.0. The van der Waals surface area contributed by atoms with Crippen molar-refractivity contribution in [2.24, 2.45) is 5.92 Å². The maximum Gasteiger partial charge on any atom is 0.326 e. The number of hydrogen-bond donors (Lipinski definition) is 3. The summed E-state index contributed by atoms with van der Waals surface area (Å²) in [6.07, 6.45) is 1.58. The highest BCUT2D eigenvalue weighted by Gasteiger charge is 2.25. The van der Waals surface area contributed by atoms with Gasteiger partial charge in [-0.2, -0.15) is 0 Å².